The lowest BCUT2D eigenvalue weighted by Crippen LogP contribution is -1.96. The summed E-state index contributed by atoms with van der Waals surface area (Å²) >= 11 is 0. The van der Waals surface area contributed by atoms with Crippen LogP contribution in [0.1, 0.15) is 12.8 Å². The molecule has 0 aromatic carbocycles. The molecule has 1 aliphatic rings. The van der Waals surface area contributed by atoms with Crippen molar-refractivity contribution >= 4 is 19.7 Å². The van der Waals surface area contributed by atoms with Crippen LogP contribution >= 0.6 is 10.7 Å². The van der Waals surface area contributed by atoms with Crippen LogP contribution in [0.4, 0.5) is 0 Å². The maximum atomic E-state index is 10.4. The molecule has 1 aliphatic heterocycles. The van der Waals surface area contributed by atoms with Gasteiger partial charge in [-0.2, -0.15) is 8.42 Å². The van der Waals surface area contributed by atoms with E-state index >= 15 is 0 Å². The second kappa shape index (κ2) is 4.13. The molecule has 68 valence electrons. The molecule has 12 heavy (non-hydrogen) atoms. The van der Waals surface area contributed by atoms with Crippen molar-refractivity contribution in [2.45, 2.75) is 12.8 Å². The molecule has 3 nitrogen and oxygen atoms in total. The highest BCUT2D eigenvalue weighted by atomic mass is 35.7. The number of hydrogen-bond donors (Lipinski definition) is 0. The zero-order valence-corrected chi connectivity index (χ0v) is 7.99. The molecule has 0 N–H and O–H groups in total. The summed E-state index contributed by atoms with van der Waals surface area (Å²) < 4.78 is 25.8. The van der Waals surface area contributed by atoms with Crippen molar-refractivity contribution in [3.05, 3.63) is 0 Å². The van der Waals surface area contributed by atoms with Gasteiger partial charge in [0.05, 0.1) is 6.61 Å². The number of hydrogen-bond acceptors (Lipinski definition) is 3. The third-order valence-electron chi connectivity index (χ3n) is 1.61. The molecular weight excluding hydrogens is 200 g/mol. The van der Waals surface area contributed by atoms with Crippen molar-refractivity contribution in [1.82, 2.24) is 0 Å². The average Bonchev–Trinajstić information content (AvgIpc) is 2.36. The van der Waals surface area contributed by atoms with E-state index in [0.717, 1.165) is 13.0 Å². The van der Waals surface area contributed by atoms with Crippen molar-refractivity contribution in [3.8, 4) is 11.2 Å². The maximum absolute atomic E-state index is 10.4. The van der Waals surface area contributed by atoms with Crippen LogP contribution < -0.4 is 0 Å². The Balaban J connectivity index is 2.36. The van der Waals surface area contributed by atoms with Gasteiger partial charge in [0.15, 0.2) is 0 Å². The van der Waals surface area contributed by atoms with E-state index in [1.807, 2.05) is 5.25 Å². The first-order valence-corrected chi connectivity index (χ1v) is 5.91. The fourth-order valence-electron chi connectivity index (χ4n) is 1.02. The molecule has 1 rings (SSSR count). The van der Waals surface area contributed by atoms with E-state index in [1.54, 1.807) is 0 Å². The van der Waals surface area contributed by atoms with E-state index in [0.29, 0.717) is 18.9 Å². The Labute approximate surface area is 76.5 Å². The summed E-state index contributed by atoms with van der Waals surface area (Å²) in [6.45, 7) is 1.43. The first kappa shape index (κ1) is 9.85. The Kier molecular flexibility index (Phi) is 3.39. The Hall–Kier alpha value is -0.240. The van der Waals surface area contributed by atoms with Crippen molar-refractivity contribution in [1.29, 1.82) is 0 Å². The summed E-state index contributed by atoms with van der Waals surface area (Å²) in [5.41, 5.74) is 0. The minimum absolute atomic E-state index is 0.371. The number of rotatable bonds is 1. The van der Waals surface area contributed by atoms with E-state index in [4.69, 9.17) is 15.4 Å². The lowest BCUT2D eigenvalue weighted by atomic mass is 10.1. The van der Waals surface area contributed by atoms with Crippen LogP contribution in [-0.2, 0) is 13.8 Å². The van der Waals surface area contributed by atoms with E-state index in [-0.39, 0.29) is 0 Å². The fraction of sp³-hybridized carbons (Fsp3) is 0.714. The molecule has 1 heterocycles. The largest absolute Gasteiger partial charge is 0.381 e. The number of ether oxygens (including phenoxy) is 1. The van der Waals surface area contributed by atoms with Gasteiger partial charge in [-0.05, 0) is 12.3 Å². The van der Waals surface area contributed by atoms with Crippen LogP contribution in [0.3, 0.4) is 0 Å². The monoisotopic (exact) mass is 208 g/mol. The van der Waals surface area contributed by atoms with Gasteiger partial charge in [-0.3, -0.25) is 0 Å². The Morgan fingerprint density at radius 1 is 1.58 bits per heavy atom. The minimum Gasteiger partial charge on any atom is -0.381 e. The van der Waals surface area contributed by atoms with Gasteiger partial charge in [-0.25, -0.2) is 0 Å². The van der Waals surface area contributed by atoms with Crippen LogP contribution in [-0.4, -0.2) is 21.6 Å². The minimum atomic E-state index is -3.65. The third kappa shape index (κ3) is 3.96. The van der Waals surface area contributed by atoms with E-state index in [1.165, 1.54) is 0 Å². The zero-order chi connectivity index (χ0) is 9.03. The Morgan fingerprint density at radius 3 is 2.83 bits per heavy atom. The van der Waals surface area contributed by atoms with Crippen LogP contribution in [0.5, 0.6) is 0 Å². The van der Waals surface area contributed by atoms with E-state index in [2.05, 4.69) is 5.92 Å². The van der Waals surface area contributed by atoms with Gasteiger partial charge in [0, 0.05) is 29.0 Å². The Morgan fingerprint density at radius 2 is 2.33 bits per heavy atom. The van der Waals surface area contributed by atoms with Crippen molar-refractivity contribution < 1.29 is 13.2 Å². The van der Waals surface area contributed by atoms with Gasteiger partial charge < -0.3 is 4.74 Å². The van der Waals surface area contributed by atoms with Gasteiger partial charge in [-0.15, -0.1) is 0 Å². The first-order valence-electron chi connectivity index (χ1n) is 3.60. The molecular formula is C7H9ClO3S. The molecule has 1 atom stereocenters. The smallest absolute Gasteiger partial charge is 0.300 e. The predicted molar refractivity (Wildman–Crippen MR) is 46.1 cm³/mol. The molecule has 0 bridgehead atoms. The van der Waals surface area contributed by atoms with Crippen LogP contribution in [0, 0.1) is 17.1 Å². The second-order valence-corrected chi connectivity index (χ2v) is 4.95. The standard InChI is InChI=1S/C7H9ClO3S/c8-12(9,10)5-1-2-7-3-4-11-6-7/h7H,2-4,6H2. The molecule has 0 aliphatic carbocycles. The third-order valence-corrected chi connectivity index (χ3v) is 2.23. The summed E-state index contributed by atoms with van der Waals surface area (Å²) in [6.07, 6.45) is 1.50. The fourth-order valence-corrected chi connectivity index (χ4v) is 1.44. The molecule has 1 fully saturated rings. The highest BCUT2D eigenvalue weighted by molar-refractivity contribution is 8.17. The van der Waals surface area contributed by atoms with Gasteiger partial charge in [-0.1, -0.05) is 5.92 Å². The van der Waals surface area contributed by atoms with Crippen LogP contribution in [0.15, 0.2) is 0 Å². The zero-order valence-electron chi connectivity index (χ0n) is 6.42. The van der Waals surface area contributed by atoms with Gasteiger partial charge in [0.1, 0.15) is 0 Å². The molecule has 0 aromatic heterocycles. The predicted octanol–water partition coefficient (Wildman–Crippen LogP) is 0.943. The second-order valence-electron chi connectivity index (χ2n) is 2.65. The van der Waals surface area contributed by atoms with Gasteiger partial charge >= 0.3 is 9.05 Å². The normalized spacial score (nSPS) is 23.2. The summed E-state index contributed by atoms with van der Waals surface area (Å²) in [7, 11) is 1.24. The number of halogens is 1. The molecule has 1 unspecified atom stereocenters. The molecule has 0 saturated carbocycles. The molecule has 1 saturated heterocycles. The lowest BCUT2D eigenvalue weighted by Gasteiger charge is -1.97. The Bertz CT molecular complexity index is 292. The average molecular weight is 209 g/mol. The lowest BCUT2D eigenvalue weighted by molar-refractivity contribution is 0.186. The molecule has 5 heteroatoms. The van der Waals surface area contributed by atoms with Crippen molar-refractivity contribution in [2.75, 3.05) is 13.2 Å². The summed E-state index contributed by atoms with van der Waals surface area (Å²) in [5, 5.41) is 1.98. The van der Waals surface area contributed by atoms with Crippen molar-refractivity contribution in [2.24, 2.45) is 5.92 Å². The topological polar surface area (TPSA) is 43.4 Å². The summed E-state index contributed by atoms with van der Waals surface area (Å²) in [6, 6.07) is 0. The SMILES string of the molecule is O=S(=O)(Cl)C#CCC1CCOC1. The summed E-state index contributed by atoms with van der Waals surface area (Å²) in [5.74, 6) is 2.89. The molecule has 0 spiro atoms. The molecule has 0 aromatic rings. The first-order chi connectivity index (χ1) is 5.58. The highest BCUT2D eigenvalue weighted by Crippen LogP contribution is 2.15. The van der Waals surface area contributed by atoms with Crippen LogP contribution in [0.25, 0.3) is 0 Å². The molecule has 0 amide bonds. The highest BCUT2D eigenvalue weighted by Gasteiger charge is 2.13. The molecule has 0 radical (unpaired) electrons. The van der Waals surface area contributed by atoms with E-state index < -0.39 is 9.05 Å². The van der Waals surface area contributed by atoms with Crippen molar-refractivity contribution in [3.63, 3.8) is 0 Å². The van der Waals surface area contributed by atoms with Gasteiger partial charge in [0.25, 0.3) is 0 Å². The quantitative estimate of drug-likeness (QED) is 0.476. The van der Waals surface area contributed by atoms with Gasteiger partial charge in [0.2, 0.25) is 0 Å². The maximum Gasteiger partial charge on any atom is 0.300 e. The van der Waals surface area contributed by atoms with E-state index in [9.17, 15) is 8.42 Å². The summed E-state index contributed by atoms with van der Waals surface area (Å²) in [4.78, 5) is 0. The van der Waals surface area contributed by atoms with Crippen LogP contribution in [0.2, 0.25) is 0 Å².